The maximum atomic E-state index is 13.0. The highest BCUT2D eigenvalue weighted by Crippen LogP contribution is 2.42. The molecule has 1 heterocycles. The first kappa shape index (κ1) is 14.7. The van der Waals surface area contributed by atoms with Crippen LogP contribution in [0.3, 0.4) is 0 Å². The predicted molar refractivity (Wildman–Crippen MR) is 71.4 cm³/mol. The van der Waals surface area contributed by atoms with Gasteiger partial charge in [-0.2, -0.15) is 13.2 Å². The highest BCUT2D eigenvalue weighted by molar-refractivity contribution is 7.99. The number of nitrogen functional groups attached to an aromatic ring is 2. The molecule has 0 aliphatic rings. The number of nitrogens with two attached hydrogens (primary N) is 2. The van der Waals surface area contributed by atoms with Crippen molar-refractivity contribution in [2.75, 3.05) is 11.5 Å². The van der Waals surface area contributed by atoms with Crippen molar-refractivity contribution < 1.29 is 13.2 Å². The number of alkyl halides is 3. The van der Waals surface area contributed by atoms with Gasteiger partial charge in [0.2, 0.25) is 0 Å². The number of rotatable bonds is 2. The van der Waals surface area contributed by atoms with Crippen LogP contribution in [-0.4, -0.2) is 9.97 Å². The zero-order valence-corrected chi connectivity index (χ0v) is 11.4. The lowest BCUT2D eigenvalue weighted by Gasteiger charge is -2.14. The molecule has 1 aromatic carbocycles. The summed E-state index contributed by atoms with van der Waals surface area (Å²) in [6.45, 7) is 0. The normalized spacial score (nSPS) is 11.6. The minimum Gasteiger partial charge on any atom is -0.398 e. The average molecular weight is 321 g/mol. The van der Waals surface area contributed by atoms with Crippen LogP contribution >= 0.6 is 23.4 Å². The molecule has 0 spiro atoms. The standard InChI is InChI=1S/C11H8ClF3N4S/c12-7-4-18-10(9(17)19-7)20-6-3-1-2-5(16)8(6)11(13,14)15/h1-4H,16H2,(H2,17,19). The van der Waals surface area contributed by atoms with E-state index in [0.717, 1.165) is 11.8 Å². The maximum Gasteiger partial charge on any atom is 0.419 e. The molecular weight excluding hydrogens is 313 g/mol. The van der Waals surface area contributed by atoms with Crippen LogP contribution in [0.2, 0.25) is 5.15 Å². The lowest BCUT2D eigenvalue weighted by Crippen LogP contribution is -2.10. The Bertz CT molecular complexity index is 648. The van der Waals surface area contributed by atoms with E-state index >= 15 is 0 Å². The van der Waals surface area contributed by atoms with Gasteiger partial charge in [-0.15, -0.1) is 0 Å². The van der Waals surface area contributed by atoms with Crippen molar-refractivity contribution >= 4 is 34.9 Å². The summed E-state index contributed by atoms with van der Waals surface area (Å²) in [4.78, 5) is 7.50. The van der Waals surface area contributed by atoms with Gasteiger partial charge in [0.15, 0.2) is 5.82 Å². The molecule has 0 atom stereocenters. The Labute approximate surface area is 121 Å². The first-order valence-corrected chi connectivity index (χ1v) is 6.40. The van der Waals surface area contributed by atoms with Crippen molar-refractivity contribution in [2.45, 2.75) is 16.1 Å². The van der Waals surface area contributed by atoms with Crippen molar-refractivity contribution in [1.82, 2.24) is 9.97 Å². The second kappa shape index (κ2) is 5.37. The molecule has 4 N–H and O–H groups in total. The maximum absolute atomic E-state index is 13.0. The average Bonchev–Trinajstić information content (AvgIpc) is 2.31. The minimum atomic E-state index is -4.57. The van der Waals surface area contributed by atoms with E-state index in [0.29, 0.717) is 0 Å². The Morgan fingerprint density at radius 3 is 2.50 bits per heavy atom. The number of hydrogen-bond acceptors (Lipinski definition) is 5. The van der Waals surface area contributed by atoms with E-state index in [4.69, 9.17) is 23.1 Å². The van der Waals surface area contributed by atoms with E-state index in [9.17, 15) is 13.2 Å². The number of aromatic nitrogens is 2. The molecule has 0 aliphatic heterocycles. The Morgan fingerprint density at radius 2 is 1.90 bits per heavy atom. The fraction of sp³-hybridized carbons (Fsp3) is 0.0909. The van der Waals surface area contributed by atoms with Crippen molar-refractivity contribution in [3.63, 3.8) is 0 Å². The first-order valence-electron chi connectivity index (χ1n) is 5.20. The highest BCUT2D eigenvalue weighted by Gasteiger charge is 2.36. The third-order valence-electron chi connectivity index (χ3n) is 2.28. The van der Waals surface area contributed by atoms with Gasteiger partial charge in [-0.3, -0.25) is 0 Å². The molecule has 1 aromatic heterocycles. The largest absolute Gasteiger partial charge is 0.419 e. The van der Waals surface area contributed by atoms with Gasteiger partial charge in [0.25, 0.3) is 0 Å². The fourth-order valence-electron chi connectivity index (χ4n) is 1.49. The Kier molecular flexibility index (Phi) is 3.96. The van der Waals surface area contributed by atoms with Gasteiger partial charge in [0, 0.05) is 10.6 Å². The van der Waals surface area contributed by atoms with Crippen molar-refractivity contribution in [3.8, 4) is 0 Å². The van der Waals surface area contributed by atoms with E-state index < -0.39 is 11.7 Å². The zero-order chi connectivity index (χ0) is 14.9. The smallest absolute Gasteiger partial charge is 0.398 e. The van der Waals surface area contributed by atoms with Gasteiger partial charge in [-0.25, -0.2) is 9.97 Å². The van der Waals surface area contributed by atoms with Crippen LogP contribution in [0.1, 0.15) is 5.56 Å². The molecule has 0 saturated carbocycles. The second-order valence-corrected chi connectivity index (χ2v) is 5.12. The lowest BCUT2D eigenvalue weighted by molar-refractivity contribution is -0.139. The SMILES string of the molecule is Nc1cccc(Sc2ncc(Cl)nc2N)c1C(F)(F)F. The van der Waals surface area contributed by atoms with Crippen LogP contribution in [0.25, 0.3) is 0 Å². The molecule has 2 aromatic rings. The molecule has 20 heavy (non-hydrogen) atoms. The molecule has 0 fully saturated rings. The van der Waals surface area contributed by atoms with E-state index in [-0.39, 0.29) is 26.6 Å². The number of nitrogens with zero attached hydrogens (tertiary/aromatic N) is 2. The molecule has 9 heteroatoms. The number of anilines is 2. The van der Waals surface area contributed by atoms with Crippen LogP contribution in [0.15, 0.2) is 34.3 Å². The topological polar surface area (TPSA) is 77.8 Å². The summed E-state index contributed by atoms with van der Waals surface area (Å²) in [6, 6.07) is 3.90. The fourth-order valence-corrected chi connectivity index (χ4v) is 2.58. The molecule has 0 radical (unpaired) electrons. The summed E-state index contributed by atoms with van der Waals surface area (Å²) in [7, 11) is 0. The molecule has 0 unspecified atom stereocenters. The Morgan fingerprint density at radius 1 is 1.20 bits per heavy atom. The molecule has 0 aliphatic carbocycles. The van der Waals surface area contributed by atoms with Crippen molar-refractivity contribution in [3.05, 3.63) is 35.1 Å². The molecule has 4 nitrogen and oxygen atoms in total. The van der Waals surface area contributed by atoms with Crippen LogP contribution < -0.4 is 11.5 Å². The van der Waals surface area contributed by atoms with E-state index in [1.54, 1.807) is 0 Å². The van der Waals surface area contributed by atoms with Gasteiger partial charge < -0.3 is 11.5 Å². The molecule has 2 rings (SSSR count). The van der Waals surface area contributed by atoms with Gasteiger partial charge in [-0.1, -0.05) is 29.4 Å². The van der Waals surface area contributed by atoms with Crippen LogP contribution in [-0.2, 0) is 6.18 Å². The quantitative estimate of drug-likeness (QED) is 0.828. The Hall–Kier alpha value is -1.67. The van der Waals surface area contributed by atoms with Gasteiger partial charge in [0.05, 0.1) is 11.8 Å². The van der Waals surface area contributed by atoms with Crippen LogP contribution in [0.5, 0.6) is 0 Å². The second-order valence-electron chi connectivity index (χ2n) is 3.70. The molecule has 0 bridgehead atoms. The van der Waals surface area contributed by atoms with Gasteiger partial charge >= 0.3 is 6.18 Å². The third-order valence-corrected chi connectivity index (χ3v) is 3.53. The molecular formula is C11H8ClF3N4S. The number of benzene rings is 1. The molecule has 0 amide bonds. The summed E-state index contributed by atoms with van der Waals surface area (Å²) in [5.74, 6) is -0.0435. The summed E-state index contributed by atoms with van der Waals surface area (Å²) in [6.07, 6.45) is -3.36. The van der Waals surface area contributed by atoms with Crippen molar-refractivity contribution in [1.29, 1.82) is 0 Å². The van der Waals surface area contributed by atoms with E-state index in [1.807, 2.05) is 0 Å². The minimum absolute atomic E-state index is 0.0435. The van der Waals surface area contributed by atoms with Crippen molar-refractivity contribution in [2.24, 2.45) is 0 Å². The van der Waals surface area contributed by atoms with E-state index in [2.05, 4.69) is 9.97 Å². The monoisotopic (exact) mass is 320 g/mol. The van der Waals surface area contributed by atoms with Crippen LogP contribution in [0, 0.1) is 0 Å². The van der Waals surface area contributed by atoms with Crippen LogP contribution in [0.4, 0.5) is 24.7 Å². The lowest BCUT2D eigenvalue weighted by atomic mass is 10.2. The summed E-state index contributed by atoms with van der Waals surface area (Å²) < 4.78 is 39.0. The summed E-state index contributed by atoms with van der Waals surface area (Å²) in [5, 5.41) is 0.195. The van der Waals surface area contributed by atoms with Gasteiger partial charge in [0.1, 0.15) is 10.2 Å². The predicted octanol–water partition coefficient (Wildman–Crippen LogP) is 3.46. The Balaban J connectivity index is 2.46. The number of halogens is 4. The summed E-state index contributed by atoms with van der Waals surface area (Å²) in [5.41, 5.74) is 9.70. The van der Waals surface area contributed by atoms with Gasteiger partial charge in [-0.05, 0) is 12.1 Å². The third kappa shape index (κ3) is 3.07. The molecule has 0 saturated heterocycles. The summed E-state index contributed by atoms with van der Waals surface area (Å²) >= 11 is 6.32. The number of hydrogen-bond donors (Lipinski definition) is 2. The first-order chi connectivity index (χ1) is 9.29. The van der Waals surface area contributed by atoms with E-state index in [1.165, 1.54) is 24.4 Å². The highest BCUT2D eigenvalue weighted by atomic mass is 35.5. The zero-order valence-electron chi connectivity index (χ0n) is 9.78. The molecule has 106 valence electrons.